The maximum Gasteiger partial charge on any atom is 0.436 e. The number of benzene rings is 2. The first kappa shape index (κ1) is 23.3. The quantitative estimate of drug-likeness (QED) is 0.482. The van der Waals surface area contributed by atoms with Gasteiger partial charge in [-0.1, -0.05) is 41.9 Å². The molecule has 2 aromatic carbocycles. The number of rotatable bonds is 6. The summed E-state index contributed by atoms with van der Waals surface area (Å²) in [5, 5.41) is 6.32. The van der Waals surface area contributed by atoms with Crippen LogP contribution in [0, 0.1) is 0 Å². The zero-order valence-electron chi connectivity index (χ0n) is 17.3. The number of aryl methyl sites for hydroxylation is 1. The number of hydrogen-bond donors (Lipinski definition) is 1. The highest BCUT2D eigenvalue weighted by molar-refractivity contribution is 6.30. The number of nitrogens with zero attached hydrogens (tertiary/aromatic N) is 2. The number of alkyl halides is 3. The minimum absolute atomic E-state index is 0.124. The molecule has 1 heterocycles. The molecule has 1 atom stereocenters. The first-order valence-corrected chi connectivity index (χ1v) is 9.84. The van der Waals surface area contributed by atoms with Crippen molar-refractivity contribution in [3.8, 4) is 11.6 Å². The number of carbonyl (C=O) groups is 2. The smallest absolute Gasteiger partial charge is 0.436 e. The van der Waals surface area contributed by atoms with Crippen LogP contribution in [0.4, 0.5) is 13.2 Å². The van der Waals surface area contributed by atoms with Crippen molar-refractivity contribution in [2.75, 3.05) is 0 Å². The number of ketones is 1. The molecule has 0 saturated heterocycles. The number of Topliss-reactive ketones (excluding diaryl/α,β-unsaturated/α-hetero) is 1. The van der Waals surface area contributed by atoms with Gasteiger partial charge in [-0.15, -0.1) is 0 Å². The molecule has 168 valence electrons. The molecule has 0 aliphatic heterocycles. The maximum absolute atomic E-state index is 13.6. The Bertz CT molecular complexity index is 1160. The molecule has 1 aromatic heterocycles. The Balaban J connectivity index is 1.95. The fraction of sp³-hybridized carbons (Fsp3) is 0.227. The zero-order chi connectivity index (χ0) is 23.6. The lowest BCUT2D eigenvalue weighted by atomic mass is 10.0. The Labute approximate surface area is 186 Å². The van der Waals surface area contributed by atoms with Gasteiger partial charge in [0.15, 0.2) is 11.5 Å². The van der Waals surface area contributed by atoms with Crippen molar-refractivity contribution < 1.29 is 27.5 Å². The molecule has 0 fully saturated rings. The fourth-order valence-electron chi connectivity index (χ4n) is 3.03. The highest BCUT2D eigenvalue weighted by Crippen LogP contribution is 2.37. The molecule has 0 bridgehead atoms. The van der Waals surface area contributed by atoms with Crippen molar-refractivity contribution in [2.45, 2.75) is 26.1 Å². The minimum atomic E-state index is -4.88. The summed E-state index contributed by atoms with van der Waals surface area (Å²) < 4.78 is 47.3. The van der Waals surface area contributed by atoms with Crippen LogP contribution in [0.15, 0.2) is 48.5 Å². The summed E-state index contributed by atoms with van der Waals surface area (Å²) in [6, 6.07) is 11.8. The van der Waals surface area contributed by atoms with E-state index in [9.17, 15) is 22.8 Å². The van der Waals surface area contributed by atoms with Gasteiger partial charge in [-0.3, -0.25) is 9.59 Å². The fourth-order valence-corrected chi connectivity index (χ4v) is 3.21. The van der Waals surface area contributed by atoms with Crippen LogP contribution in [-0.4, -0.2) is 21.5 Å². The van der Waals surface area contributed by atoms with E-state index in [2.05, 4.69) is 10.4 Å². The Kier molecular flexibility index (Phi) is 6.59. The van der Waals surface area contributed by atoms with Crippen LogP contribution in [0.25, 0.3) is 0 Å². The molecule has 0 spiro atoms. The predicted octanol–water partition coefficient (Wildman–Crippen LogP) is 5.58. The lowest BCUT2D eigenvalue weighted by Gasteiger charge is -2.16. The number of amides is 1. The highest BCUT2D eigenvalue weighted by Gasteiger charge is 2.42. The molecule has 0 radical (unpaired) electrons. The summed E-state index contributed by atoms with van der Waals surface area (Å²) in [6.45, 7) is 3.03. The van der Waals surface area contributed by atoms with E-state index in [-0.39, 0.29) is 17.4 Å². The number of ether oxygens (including phenoxy) is 1. The van der Waals surface area contributed by atoms with Gasteiger partial charge in [0.2, 0.25) is 5.88 Å². The van der Waals surface area contributed by atoms with E-state index in [4.69, 9.17) is 16.3 Å². The van der Waals surface area contributed by atoms with Crippen molar-refractivity contribution in [3.63, 3.8) is 0 Å². The molecule has 0 aliphatic carbocycles. The van der Waals surface area contributed by atoms with Gasteiger partial charge in [0.25, 0.3) is 5.91 Å². The Hall–Kier alpha value is -3.33. The third-order valence-corrected chi connectivity index (χ3v) is 4.90. The van der Waals surface area contributed by atoms with Crippen molar-refractivity contribution in [2.24, 2.45) is 7.05 Å². The topological polar surface area (TPSA) is 73.2 Å². The predicted molar refractivity (Wildman–Crippen MR) is 112 cm³/mol. The van der Waals surface area contributed by atoms with Gasteiger partial charge in [0.05, 0.1) is 6.04 Å². The first-order valence-electron chi connectivity index (χ1n) is 9.46. The van der Waals surface area contributed by atoms with Crippen LogP contribution in [0.2, 0.25) is 5.02 Å². The van der Waals surface area contributed by atoms with E-state index in [0.29, 0.717) is 16.1 Å². The SMILES string of the molecule is CC(=O)c1ccc([C@H](C)NC(=O)c2c(C(F)(F)F)nn(C)c2Oc2cccc(Cl)c2)cc1. The second kappa shape index (κ2) is 9.04. The number of halogens is 4. The van der Waals surface area contributed by atoms with E-state index in [1.54, 1.807) is 43.3 Å². The second-order valence-corrected chi connectivity index (χ2v) is 7.52. The summed E-state index contributed by atoms with van der Waals surface area (Å²) in [6.07, 6.45) is -4.88. The third kappa shape index (κ3) is 5.11. The lowest BCUT2D eigenvalue weighted by molar-refractivity contribution is -0.141. The van der Waals surface area contributed by atoms with Crippen molar-refractivity contribution >= 4 is 23.3 Å². The van der Waals surface area contributed by atoms with Crippen LogP contribution in [0.5, 0.6) is 11.6 Å². The van der Waals surface area contributed by atoms with Gasteiger partial charge in [0.1, 0.15) is 11.3 Å². The third-order valence-electron chi connectivity index (χ3n) is 4.67. The average Bonchev–Trinajstić information content (AvgIpc) is 3.04. The number of aromatic nitrogens is 2. The van der Waals surface area contributed by atoms with Crippen molar-refractivity contribution in [1.29, 1.82) is 0 Å². The molecule has 0 saturated carbocycles. The molecular formula is C22H19ClF3N3O3. The van der Waals surface area contributed by atoms with Crippen LogP contribution in [-0.2, 0) is 13.2 Å². The van der Waals surface area contributed by atoms with Gasteiger partial charge < -0.3 is 10.1 Å². The van der Waals surface area contributed by atoms with Crippen LogP contribution < -0.4 is 10.1 Å². The number of hydrogen-bond acceptors (Lipinski definition) is 4. The standard InChI is InChI=1S/C22H19ClF3N3O3/c1-12(14-7-9-15(10-8-14)13(2)30)27-20(31)18-19(22(24,25)26)28-29(3)21(18)32-17-6-4-5-16(23)11-17/h4-12H,1-3H3,(H,27,31)/t12-/m0/s1. The second-order valence-electron chi connectivity index (χ2n) is 7.08. The molecule has 0 unspecified atom stereocenters. The Morgan fingerprint density at radius 1 is 1.16 bits per heavy atom. The maximum atomic E-state index is 13.6. The molecule has 6 nitrogen and oxygen atoms in total. The summed E-state index contributed by atoms with van der Waals surface area (Å²) in [5.74, 6) is -1.36. The van der Waals surface area contributed by atoms with Crippen LogP contribution in [0.3, 0.4) is 0 Å². The summed E-state index contributed by atoms with van der Waals surface area (Å²) in [7, 11) is 1.25. The molecule has 32 heavy (non-hydrogen) atoms. The normalized spacial score (nSPS) is 12.3. The molecule has 3 aromatic rings. The van der Waals surface area contributed by atoms with Crippen molar-refractivity contribution in [1.82, 2.24) is 15.1 Å². The molecule has 3 rings (SSSR count). The van der Waals surface area contributed by atoms with Crippen LogP contribution >= 0.6 is 11.6 Å². The Morgan fingerprint density at radius 2 is 1.81 bits per heavy atom. The van der Waals surface area contributed by atoms with Gasteiger partial charge in [-0.2, -0.15) is 18.3 Å². The molecule has 0 aliphatic rings. The summed E-state index contributed by atoms with van der Waals surface area (Å²) in [5.41, 5.74) is -1.02. The monoisotopic (exact) mass is 465 g/mol. The summed E-state index contributed by atoms with van der Waals surface area (Å²) in [4.78, 5) is 24.4. The molecule has 1 amide bonds. The van der Waals surface area contributed by atoms with E-state index in [1.165, 1.54) is 26.1 Å². The largest absolute Gasteiger partial charge is 0.438 e. The van der Waals surface area contributed by atoms with Gasteiger partial charge in [-0.05, 0) is 37.6 Å². The Morgan fingerprint density at radius 3 is 2.38 bits per heavy atom. The van der Waals surface area contributed by atoms with E-state index < -0.39 is 29.4 Å². The van der Waals surface area contributed by atoms with Gasteiger partial charge in [0, 0.05) is 17.6 Å². The van der Waals surface area contributed by atoms with Gasteiger partial charge in [-0.25, -0.2) is 4.68 Å². The van der Waals surface area contributed by atoms with Crippen LogP contribution in [0.1, 0.15) is 51.9 Å². The number of carbonyl (C=O) groups excluding carboxylic acids is 2. The summed E-state index contributed by atoms with van der Waals surface area (Å²) >= 11 is 5.92. The zero-order valence-corrected chi connectivity index (χ0v) is 18.1. The number of nitrogens with one attached hydrogen (secondary N) is 1. The highest BCUT2D eigenvalue weighted by atomic mass is 35.5. The van der Waals surface area contributed by atoms with E-state index in [0.717, 1.165) is 4.68 Å². The molecule has 10 heteroatoms. The van der Waals surface area contributed by atoms with Crippen molar-refractivity contribution in [3.05, 3.63) is 75.9 Å². The van der Waals surface area contributed by atoms with E-state index in [1.807, 2.05) is 0 Å². The molecule has 1 N–H and O–H groups in total. The lowest BCUT2D eigenvalue weighted by Crippen LogP contribution is -2.28. The van der Waals surface area contributed by atoms with E-state index >= 15 is 0 Å². The van der Waals surface area contributed by atoms with Gasteiger partial charge >= 0.3 is 6.18 Å². The first-order chi connectivity index (χ1) is 15.0. The molecular weight excluding hydrogens is 447 g/mol. The average molecular weight is 466 g/mol. The minimum Gasteiger partial charge on any atom is -0.438 e.